The molecule has 3 aliphatic carbocycles. The summed E-state index contributed by atoms with van der Waals surface area (Å²) in [6, 6.07) is 0. The van der Waals surface area contributed by atoms with Crippen molar-refractivity contribution in [3.63, 3.8) is 0 Å². The summed E-state index contributed by atoms with van der Waals surface area (Å²) >= 11 is 0. The van der Waals surface area contributed by atoms with Crippen molar-refractivity contribution in [3.8, 4) is 0 Å². The van der Waals surface area contributed by atoms with Crippen LogP contribution in [0.15, 0.2) is 0 Å². The zero-order valence-corrected chi connectivity index (χ0v) is 9.26. The predicted octanol–water partition coefficient (Wildman–Crippen LogP) is 1.48. The molecule has 1 saturated heterocycles. The Kier molecular flexibility index (Phi) is 1.65. The Labute approximate surface area is 90.1 Å². The average Bonchev–Trinajstić information content (AvgIpc) is 2.72. The molecule has 0 aromatic rings. The second-order valence-corrected chi connectivity index (χ2v) is 5.63. The fraction of sp³-hybridized carbons (Fsp3) is 1.00. The summed E-state index contributed by atoms with van der Waals surface area (Å²) in [5.41, 5.74) is 0. The van der Waals surface area contributed by atoms with Crippen LogP contribution in [0.1, 0.15) is 12.8 Å². The molecule has 4 aliphatic rings. The predicted molar refractivity (Wildman–Crippen MR) is 52.9 cm³/mol. The molecular weight excluding hydrogens is 192 g/mol. The molecule has 8 atom stereocenters. The molecular formula is C12H18O3. The van der Waals surface area contributed by atoms with E-state index < -0.39 is 0 Å². The van der Waals surface area contributed by atoms with Crippen molar-refractivity contribution in [2.45, 2.75) is 25.4 Å². The zero-order chi connectivity index (χ0) is 10.2. The van der Waals surface area contributed by atoms with Gasteiger partial charge in [0, 0.05) is 26.1 Å². The van der Waals surface area contributed by atoms with Crippen LogP contribution in [0.25, 0.3) is 0 Å². The third-order valence-electron chi connectivity index (χ3n) is 5.33. The van der Waals surface area contributed by atoms with Gasteiger partial charge in [-0.3, -0.25) is 0 Å². The topological polar surface area (TPSA) is 27.7 Å². The number of rotatable bonds is 2. The van der Waals surface area contributed by atoms with E-state index in [4.69, 9.17) is 14.2 Å². The van der Waals surface area contributed by atoms with Crippen molar-refractivity contribution in [2.75, 3.05) is 14.2 Å². The first-order chi connectivity index (χ1) is 7.35. The third-order valence-corrected chi connectivity index (χ3v) is 5.33. The summed E-state index contributed by atoms with van der Waals surface area (Å²) in [5, 5.41) is 0. The Bertz CT molecular complexity index is 267. The van der Waals surface area contributed by atoms with Crippen LogP contribution < -0.4 is 0 Å². The summed E-state index contributed by atoms with van der Waals surface area (Å²) in [5.74, 6) is 4.99. The summed E-state index contributed by atoms with van der Waals surface area (Å²) in [7, 11) is 3.52. The minimum atomic E-state index is -0.00324. The molecule has 0 radical (unpaired) electrons. The molecule has 15 heavy (non-hydrogen) atoms. The Morgan fingerprint density at radius 2 is 1.27 bits per heavy atom. The minimum Gasteiger partial charge on any atom is -0.355 e. The molecule has 3 heteroatoms. The first kappa shape index (κ1) is 8.97. The lowest BCUT2D eigenvalue weighted by Crippen LogP contribution is -2.30. The average molecular weight is 210 g/mol. The summed E-state index contributed by atoms with van der Waals surface area (Å²) < 4.78 is 16.8. The Morgan fingerprint density at radius 1 is 0.800 bits per heavy atom. The van der Waals surface area contributed by atoms with Gasteiger partial charge in [-0.15, -0.1) is 0 Å². The van der Waals surface area contributed by atoms with E-state index in [1.165, 1.54) is 12.8 Å². The van der Waals surface area contributed by atoms with Crippen molar-refractivity contribution in [1.29, 1.82) is 0 Å². The van der Waals surface area contributed by atoms with Crippen molar-refractivity contribution in [3.05, 3.63) is 0 Å². The molecule has 3 saturated carbocycles. The fourth-order valence-corrected chi connectivity index (χ4v) is 4.85. The Balaban J connectivity index is 1.68. The normalized spacial score (nSPS) is 64.4. The zero-order valence-electron chi connectivity index (χ0n) is 9.26. The van der Waals surface area contributed by atoms with Crippen LogP contribution >= 0.6 is 0 Å². The first-order valence-corrected chi connectivity index (χ1v) is 6.06. The lowest BCUT2D eigenvalue weighted by molar-refractivity contribution is -0.204. The van der Waals surface area contributed by atoms with E-state index >= 15 is 0 Å². The largest absolute Gasteiger partial charge is 0.355 e. The van der Waals surface area contributed by atoms with Crippen LogP contribution in [0.5, 0.6) is 0 Å². The smallest absolute Gasteiger partial charge is 0.163 e. The second kappa shape index (κ2) is 2.76. The maximum Gasteiger partial charge on any atom is 0.163 e. The molecule has 0 N–H and O–H groups in total. The molecule has 84 valence electrons. The summed E-state index contributed by atoms with van der Waals surface area (Å²) in [6.45, 7) is 0. The maximum absolute atomic E-state index is 5.83. The minimum absolute atomic E-state index is 0.00324. The molecule has 2 bridgehead atoms. The van der Waals surface area contributed by atoms with Gasteiger partial charge in [-0.1, -0.05) is 0 Å². The quantitative estimate of drug-likeness (QED) is 0.691. The van der Waals surface area contributed by atoms with E-state index in [1.54, 1.807) is 14.2 Å². The van der Waals surface area contributed by atoms with E-state index in [2.05, 4.69) is 0 Å². The van der Waals surface area contributed by atoms with E-state index in [0.29, 0.717) is 11.8 Å². The highest BCUT2D eigenvalue weighted by Gasteiger charge is 2.70. The molecule has 0 amide bonds. The molecule has 0 spiro atoms. The van der Waals surface area contributed by atoms with Gasteiger partial charge in [0.2, 0.25) is 0 Å². The number of ether oxygens (including phenoxy) is 3. The number of methoxy groups -OCH3 is 2. The number of hydrogen-bond donors (Lipinski definition) is 0. The monoisotopic (exact) mass is 210 g/mol. The second-order valence-electron chi connectivity index (χ2n) is 5.63. The molecule has 4 rings (SSSR count). The van der Waals surface area contributed by atoms with Gasteiger partial charge in [0.1, 0.15) is 0 Å². The standard InChI is InChI=1S/C12H18O3/c1-13-11-9-7-4-8(6-3-5(6)7)10(9)12(14-2)15-11/h5-12H,3-4H2,1-2H3. The van der Waals surface area contributed by atoms with Crippen molar-refractivity contribution >= 4 is 0 Å². The lowest BCUT2D eigenvalue weighted by Gasteiger charge is -2.26. The third kappa shape index (κ3) is 0.931. The van der Waals surface area contributed by atoms with Gasteiger partial charge in [-0.05, 0) is 36.5 Å². The summed E-state index contributed by atoms with van der Waals surface area (Å²) in [4.78, 5) is 0. The van der Waals surface area contributed by atoms with E-state index in [1.807, 2.05) is 0 Å². The van der Waals surface area contributed by atoms with E-state index in [9.17, 15) is 0 Å². The number of hydrogen-bond acceptors (Lipinski definition) is 3. The van der Waals surface area contributed by atoms with E-state index in [-0.39, 0.29) is 12.6 Å². The molecule has 1 heterocycles. The van der Waals surface area contributed by atoms with Gasteiger partial charge < -0.3 is 14.2 Å². The Hall–Kier alpha value is -0.120. The number of fused-ring (bicyclic) bond motifs is 8. The molecule has 4 fully saturated rings. The van der Waals surface area contributed by atoms with Gasteiger partial charge in [0.25, 0.3) is 0 Å². The molecule has 0 aromatic heterocycles. The van der Waals surface area contributed by atoms with Crippen molar-refractivity contribution in [1.82, 2.24) is 0 Å². The van der Waals surface area contributed by atoms with Crippen LogP contribution in [0, 0.1) is 35.5 Å². The fourth-order valence-electron chi connectivity index (χ4n) is 4.85. The molecule has 1 aliphatic heterocycles. The van der Waals surface area contributed by atoms with Crippen molar-refractivity contribution < 1.29 is 14.2 Å². The van der Waals surface area contributed by atoms with Crippen LogP contribution in [-0.2, 0) is 14.2 Å². The highest BCUT2D eigenvalue weighted by atomic mass is 16.8. The van der Waals surface area contributed by atoms with Crippen LogP contribution in [0.3, 0.4) is 0 Å². The van der Waals surface area contributed by atoms with E-state index in [0.717, 1.165) is 23.7 Å². The van der Waals surface area contributed by atoms with Crippen LogP contribution in [-0.4, -0.2) is 26.8 Å². The first-order valence-electron chi connectivity index (χ1n) is 6.06. The Morgan fingerprint density at radius 3 is 1.73 bits per heavy atom. The van der Waals surface area contributed by atoms with Gasteiger partial charge in [-0.2, -0.15) is 0 Å². The SMILES string of the molecule is COC1OC(OC)C2C3CC(C4CC43)C12. The highest BCUT2D eigenvalue weighted by molar-refractivity contribution is 5.15. The molecule has 8 unspecified atom stereocenters. The van der Waals surface area contributed by atoms with Crippen molar-refractivity contribution in [2.24, 2.45) is 35.5 Å². The van der Waals surface area contributed by atoms with Crippen LogP contribution in [0.2, 0.25) is 0 Å². The van der Waals surface area contributed by atoms with Gasteiger partial charge in [0.15, 0.2) is 12.6 Å². The van der Waals surface area contributed by atoms with Gasteiger partial charge in [-0.25, -0.2) is 0 Å². The van der Waals surface area contributed by atoms with Crippen LogP contribution in [0.4, 0.5) is 0 Å². The lowest BCUT2D eigenvalue weighted by atomic mass is 9.80. The highest BCUT2D eigenvalue weighted by Crippen LogP contribution is 2.72. The summed E-state index contributed by atoms with van der Waals surface area (Å²) in [6.07, 6.45) is 2.87. The van der Waals surface area contributed by atoms with Gasteiger partial charge >= 0.3 is 0 Å². The molecule has 3 nitrogen and oxygen atoms in total. The maximum atomic E-state index is 5.83. The van der Waals surface area contributed by atoms with Gasteiger partial charge in [0.05, 0.1) is 0 Å². The molecule has 0 aromatic carbocycles.